The van der Waals surface area contributed by atoms with Gasteiger partial charge in [0.05, 0.1) is 10.7 Å². The van der Waals surface area contributed by atoms with Gasteiger partial charge in [0.1, 0.15) is 0 Å². The molecule has 0 radical (unpaired) electrons. The molecule has 14 heavy (non-hydrogen) atoms. The number of aliphatic imine (C=N–C) groups is 1. The van der Waals surface area contributed by atoms with Gasteiger partial charge in [0, 0.05) is 5.56 Å². The van der Waals surface area contributed by atoms with E-state index in [9.17, 15) is 4.79 Å². The van der Waals surface area contributed by atoms with Crippen LogP contribution in [0.2, 0.25) is 5.02 Å². The van der Waals surface area contributed by atoms with Crippen molar-refractivity contribution in [2.45, 2.75) is 3.79 Å². The van der Waals surface area contributed by atoms with Crippen molar-refractivity contribution in [2.24, 2.45) is 4.99 Å². The number of halogens is 4. The number of rotatable bonds is 1. The molecule has 1 aromatic carbocycles. The van der Waals surface area contributed by atoms with Crippen LogP contribution in [0.4, 0.5) is 5.69 Å². The lowest BCUT2D eigenvalue weighted by Crippen LogP contribution is -1.98. The standard InChI is InChI=1S/C8H3Cl4NO/c9-6-2-1-5(8(10,11)12)3-7(6)13-4-14/h1-3H. The van der Waals surface area contributed by atoms with Crippen molar-refractivity contribution >= 4 is 58.2 Å². The average molecular weight is 271 g/mol. The highest BCUT2D eigenvalue weighted by atomic mass is 35.6. The van der Waals surface area contributed by atoms with E-state index in [0.717, 1.165) is 0 Å². The van der Waals surface area contributed by atoms with Gasteiger partial charge in [-0.25, -0.2) is 4.79 Å². The van der Waals surface area contributed by atoms with Crippen LogP contribution in [-0.4, -0.2) is 6.08 Å². The molecule has 0 unspecified atom stereocenters. The molecule has 0 aliphatic rings. The van der Waals surface area contributed by atoms with E-state index in [-0.39, 0.29) is 5.69 Å². The minimum Gasteiger partial charge on any atom is -0.211 e. The Balaban J connectivity index is 3.26. The zero-order valence-corrected chi connectivity index (χ0v) is 9.62. The van der Waals surface area contributed by atoms with Crippen LogP contribution in [0.5, 0.6) is 0 Å². The minimum atomic E-state index is -1.56. The lowest BCUT2D eigenvalue weighted by atomic mass is 10.2. The normalized spacial score (nSPS) is 10.9. The Labute approximate surface area is 100 Å². The maximum Gasteiger partial charge on any atom is 0.240 e. The van der Waals surface area contributed by atoms with Crippen LogP contribution in [0, 0.1) is 0 Å². The van der Waals surface area contributed by atoms with Crippen LogP contribution in [0.15, 0.2) is 23.2 Å². The van der Waals surface area contributed by atoms with Gasteiger partial charge in [0.15, 0.2) is 0 Å². The summed E-state index contributed by atoms with van der Waals surface area (Å²) in [5.74, 6) is 0. The molecule has 0 aromatic heterocycles. The maximum absolute atomic E-state index is 10.0. The third-order valence-electron chi connectivity index (χ3n) is 1.44. The summed E-state index contributed by atoms with van der Waals surface area (Å²) in [4.78, 5) is 13.4. The van der Waals surface area contributed by atoms with Crippen LogP contribution >= 0.6 is 46.4 Å². The van der Waals surface area contributed by atoms with Gasteiger partial charge in [-0.15, -0.1) is 0 Å². The first-order valence-electron chi connectivity index (χ1n) is 3.40. The zero-order valence-electron chi connectivity index (χ0n) is 6.60. The Kier molecular flexibility index (Phi) is 3.82. The quantitative estimate of drug-likeness (QED) is 0.429. The molecule has 0 spiro atoms. The first kappa shape index (κ1) is 11.8. The molecule has 0 N–H and O–H groups in total. The SMILES string of the molecule is O=C=Nc1cc(C(Cl)(Cl)Cl)ccc1Cl. The average Bonchev–Trinajstić information content (AvgIpc) is 2.07. The molecule has 0 heterocycles. The second-order valence-electron chi connectivity index (χ2n) is 2.37. The van der Waals surface area contributed by atoms with Crippen molar-refractivity contribution in [1.29, 1.82) is 0 Å². The van der Waals surface area contributed by atoms with Crippen molar-refractivity contribution in [3.05, 3.63) is 28.8 Å². The lowest BCUT2D eigenvalue weighted by molar-refractivity contribution is 0.565. The summed E-state index contributed by atoms with van der Waals surface area (Å²) in [6, 6.07) is 4.45. The first-order valence-corrected chi connectivity index (χ1v) is 4.91. The monoisotopic (exact) mass is 269 g/mol. The van der Waals surface area contributed by atoms with E-state index >= 15 is 0 Å². The molecule has 0 fully saturated rings. The molecule has 0 amide bonds. The molecule has 1 rings (SSSR count). The number of alkyl halides is 3. The van der Waals surface area contributed by atoms with Gasteiger partial charge in [-0.1, -0.05) is 52.5 Å². The highest BCUT2D eigenvalue weighted by Crippen LogP contribution is 2.40. The van der Waals surface area contributed by atoms with Crippen molar-refractivity contribution in [1.82, 2.24) is 0 Å². The molecular weight excluding hydrogens is 268 g/mol. The number of hydrogen-bond acceptors (Lipinski definition) is 2. The molecule has 74 valence electrons. The molecule has 1 aromatic rings. The number of isocyanates is 1. The van der Waals surface area contributed by atoms with E-state index in [1.807, 2.05) is 0 Å². The van der Waals surface area contributed by atoms with E-state index in [1.54, 1.807) is 6.07 Å². The largest absolute Gasteiger partial charge is 0.240 e. The Morgan fingerprint density at radius 2 is 1.93 bits per heavy atom. The Bertz CT molecular complexity index is 393. The van der Waals surface area contributed by atoms with Gasteiger partial charge in [-0.05, 0) is 12.1 Å². The molecule has 0 saturated carbocycles. The zero-order chi connectivity index (χ0) is 10.8. The molecule has 0 bridgehead atoms. The summed E-state index contributed by atoms with van der Waals surface area (Å²) in [5, 5.41) is 0.298. The fourth-order valence-corrected chi connectivity index (χ4v) is 1.34. The second-order valence-corrected chi connectivity index (χ2v) is 5.06. The van der Waals surface area contributed by atoms with Gasteiger partial charge in [-0.3, -0.25) is 0 Å². The van der Waals surface area contributed by atoms with Crippen molar-refractivity contribution in [3.63, 3.8) is 0 Å². The third-order valence-corrected chi connectivity index (χ3v) is 2.41. The van der Waals surface area contributed by atoms with Crippen LogP contribution in [0.3, 0.4) is 0 Å². The maximum atomic E-state index is 10.0. The molecule has 0 saturated heterocycles. The highest BCUT2D eigenvalue weighted by molar-refractivity contribution is 6.66. The van der Waals surface area contributed by atoms with Gasteiger partial charge < -0.3 is 0 Å². The summed E-state index contributed by atoms with van der Waals surface area (Å²) in [6.07, 6.45) is 1.36. The smallest absolute Gasteiger partial charge is 0.211 e. The van der Waals surface area contributed by atoms with Gasteiger partial charge in [0.25, 0.3) is 0 Å². The van der Waals surface area contributed by atoms with Gasteiger partial charge in [0.2, 0.25) is 9.87 Å². The predicted molar refractivity (Wildman–Crippen MR) is 58.5 cm³/mol. The van der Waals surface area contributed by atoms with Gasteiger partial charge in [-0.2, -0.15) is 4.99 Å². The number of benzene rings is 1. The molecule has 0 aliphatic carbocycles. The summed E-state index contributed by atoms with van der Waals surface area (Å²) in [7, 11) is 0. The van der Waals surface area contributed by atoms with Crippen LogP contribution in [0.1, 0.15) is 5.56 Å². The molecule has 0 atom stereocenters. The predicted octanol–water partition coefficient (Wildman–Crippen LogP) is 4.13. The first-order chi connectivity index (χ1) is 6.45. The van der Waals surface area contributed by atoms with Gasteiger partial charge >= 0.3 is 0 Å². The van der Waals surface area contributed by atoms with E-state index in [4.69, 9.17) is 46.4 Å². The van der Waals surface area contributed by atoms with Crippen molar-refractivity contribution < 1.29 is 4.79 Å². The Hall–Kier alpha value is -0.240. The van der Waals surface area contributed by atoms with E-state index in [1.165, 1.54) is 18.2 Å². The topological polar surface area (TPSA) is 29.4 Å². The van der Waals surface area contributed by atoms with Crippen molar-refractivity contribution in [2.75, 3.05) is 0 Å². The van der Waals surface area contributed by atoms with E-state index in [0.29, 0.717) is 10.6 Å². The fourth-order valence-electron chi connectivity index (χ4n) is 0.824. The highest BCUT2D eigenvalue weighted by Gasteiger charge is 2.23. The van der Waals surface area contributed by atoms with Crippen molar-refractivity contribution in [3.8, 4) is 0 Å². The summed E-state index contributed by atoms with van der Waals surface area (Å²) in [6.45, 7) is 0. The lowest BCUT2D eigenvalue weighted by Gasteiger charge is -2.11. The molecule has 0 aliphatic heterocycles. The Morgan fingerprint density at radius 3 is 2.43 bits per heavy atom. The number of carbonyl (C=O) groups excluding carboxylic acids is 1. The summed E-state index contributed by atoms with van der Waals surface area (Å²) < 4.78 is -1.56. The molecule has 6 heteroatoms. The molecule has 2 nitrogen and oxygen atoms in total. The summed E-state index contributed by atoms with van der Waals surface area (Å²) in [5.41, 5.74) is 0.617. The number of nitrogens with zero attached hydrogens (tertiary/aromatic N) is 1. The fraction of sp³-hybridized carbons (Fsp3) is 0.125. The van der Waals surface area contributed by atoms with Crippen LogP contribution in [0.25, 0.3) is 0 Å². The third kappa shape index (κ3) is 2.88. The van der Waals surface area contributed by atoms with E-state index in [2.05, 4.69) is 4.99 Å². The minimum absolute atomic E-state index is 0.227. The second kappa shape index (κ2) is 4.52. The Morgan fingerprint density at radius 1 is 1.29 bits per heavy atom. The molecular formula is C8H3Cl4NO. The summed E-state index contributed by atoms with van der Waals surface area (Å²) >= 11 is 22.6. The number of hydrogen-bond donors (Lipinski definition) is 0. The van der Waals surface area contributed by atoms with E-state index < -0.39 is 3.79 Å². The van der Waals surface area contributed by atoms with Crippen LogP contribution < -0.4 is 0 Å². The van der Waals surface area contributed by atoms with Crippen LogP contribution in [-0.2, 0) is 8.59 Å².